The van der Waals surface area contributed by atoms with Gasteiger partial charge in [-0.15, -0.1) is 0 Å². The Morgan fingerprint density at radius 3 is 2.67 bits per heavy atom. The molecule has 3 N–H and O–H groups in total. The van der Waals surface area contributed by atoms with Gasteiger partial charge in [0.15, 0.2) is 0 Å². The van der Waals surface area contributed by atoms with Gasteiger partial charge in [-0.05, 0) is 23.8 Å². The lowest BCUT2D eigenvalue weighted by Crippen LogP contribution is -2.35. The Morgan fingerprint density at radius 1 is 1.24 bits per heavy atom. The fourth-order valence-electron chi connectivity index (χ4n) is 2.23. The Hall–Kier alpha value is -1.86. The Bertz CT molecular complexity index is 616. The molecule has 0 atom stereocenters. The van der Waals surface area contributed by atoms with Crippen LogP contribution in [0.4, 0.5) is 18.9 Å². The Balaban J connectivity index is 2.30. The van der Waals surface area contributed by atoms with E-state index >= 15 is 0 Å². The third kappa shape index (κ3) is 4.05. The first-order valence-electron chi connectivity index (χ1n) is 6.43. The summed E-state index contributed by atoms with van der Waals surface area (Å²) >= 11 is 0. The van der Waals surface area contributed by atoms with Crippen LogP contribution < -0.4 is 5.73 Å². The largest absolute Gasteiger partial charge is 0.401 e. The molecule has 0 saturated heterocycles. The molecule has 0 amide bonds. The summed E-state index contributed by atoms with van der Waals surface area (Å²) in [7, 11) is 0. The quantitative estimate of drug-likeness (QED) is 0.831. The molecule has 7 heteroatoms. The number of nitrogens with zero attached hydrogens (tertiary/aromatic N) is 2. The number of hydrogen-bond donors (Lipinski definition) is 2. The van der Waals surface area contributed by atoms with E-state index in [4.69, 9.17) is 10.8 Å². The van der Waals surface area contributed by atoms with Gasteiger partial charge in [-0.3, -0.25) is 9.88 Å². The SMILES string of the molecule is Nc1ccc(CN(CCO)CC(F)(F)F)c2ncccc12. The first-order chi connectivity index (χ1) is 9.90. The second-order valence-corrected chi connectivity index (χ2v) is 4.76. The number of fused-ring (bicyclic) bond motifs is 1. The average molecular weight is 299 g/mol. The van der Waals surface area contributed by atoms with Gasteiger partial charge in [0, 0.05) is 30.4 Å². The average Bonchev–Trinajstić information content (AvgIpc) is 2.41. The van der Waals surface area contributed by atoms with E-state index in [0.717, 1.165) is 4.90 Å². The lowest BCUT2D eigenvalue weighted by molar-refractivity contribution is -0.147. The van der Waals surface area contributed by atoms with E-state index in [1.54, 1.807) is 30.5 Å². The van der Waals surface area contributed by atoms with Crippen LogP contribution in [0.3, 0.4) is 0 Å². The highest BCUT2D eigenvalue weighted by molar-refractivity contribution is 5.92. The number of nitrogen functional groups attached to an aromatic ring is 1. The van der Waals surface area contributed by atoms with Gasteiger partial charge in [-0.2, -0.15) is 13.2 Å². The van der Waals surface area contributed by atoms with Gasteiger partial charge in [0.2, 0.25) is 0 Å². The second-order valence-electron chi connectivity index (χ2n) is 4.76. The summed E-state index contributed by atoms with van der Waals surface area (Å²) in [5.74, 6) is 0. The highest BCUT2D eigenvalue weighted by Gasteiger charge is 2.30. The molecule has 0 radical (unpaired) electrons. The van der Waals surface area contributed by atoms with Gasteiger partial charge < -0.3 is 10.8 Å². The summed E-state index contributed by atoms with van der Waals surface area (Å²) in [6.07, 6.45) is -2.74. The van der Waals surface area contributed by atoms with Crippen LogP contribution in [0.1, 0.15) is 5.56 Å². The van der Waals surface area contributed by atoms with Gasteiger partial charge in [0.1, 0.15) is 0 Å². The van der Waals surface area contributed by atoms with Crippen LogP contribution in [0.5, 0.6) is 0 Å². The molecule has 0 fully saturated rings. The molecule has 114 valence electrons. The lowest BCUT2D eigenvalue weighted by atomic mass is 10.1. The Morgan fingerprint density at radius 2 is 2.00 bits per heavy atom. The van der Waals surface area contributed by atoms with Gasteiger partial charge in [-0.1, -0.05) is 6.07 Å². The van der Waals surface area contributed by atoms with E-state index in [9.17, 15) is 13.2 Å². The fourth-order valence-corrected chi connectivity index (χ4v) is 2.23. The molecule has 21 heavy (non-hydrogen) atoms. The van der Waals surface area contributed by atoms with Crippen molar-refractivity contribution in [2.75, 3.05) is 25.4 Å². The molecule has 0 aliphatic carbocycles. The number of anilines is 1. The van der Waals surface area contributed by atoms with Crippen molar-refractivity contribution in [1.29, 1.82) is 0 Å². The Kier molecular flexibility index (Phi) is 4.64. The molecular weight excluding hydrogens is 283 g/mol. The number of alkyl halides is 3. The van der Waals surface area contributed by atoms with E-state index in [2.05, 4.69) is 4.98 Å². The van der Waals surface area contributed by atoms with Crippen molar-refractivity contribution in [2.24, 2.45) is 0 Å². The molecule has 0 aliphatic heterocycles. The molecule has 2 rings (SSSR count). The molecule has 0 bridgehead atoms. The molecule has 2 aromatic rings. The number of aromatic nitrogens is 1. The van der Waals surface area contributed by atoms with Crippen LogP contribution in [0, 0.1) is 0 Å². The number of rotatable bonds is 5. The molecule has 0 aliphatic rings. The van der Waals surface area contributed by atoms with E-state index in [1.807, 2.05) is 0 Å². The standard InChI is InChI=1S/C14H16F3N3O/c15-14(16,17)9-20(6-7-21)8-10-3-4-12(18)11-2-1-5-19-13(10)11/h1-5,21H,6-9,18H2. The van der Waals surface area contributed by atoms with Crippen molar-refractivity contribution in [2.45, 2.75) is 12.7 Å². The molecule has 0 unspecified atom stereocenters. The number of aliphatic hydroxyl groups excluding tert-OH is 1. The van der Waals surface area contributed by atoms with Gasteiger partial charge in [-0.25, -0.2) is 0 Å². The second kappa shape index (κ2) is 6.28. The zero-order chi connectivity index (χ0) is 15.5. The van der Waals surface area contributed by atoms with E-state index in [1.165, 1.54) is 0 Å². The first-order valence-corrected chi connectivity index (χ1v) is 6.43. The number of benzene rings is 1. The minimum atomic E-state index is -4.31. The summed E-state index contributed by atoms with van der Waals surface area (Å²) < 4.78 is 37.7. The number of hydrogen-bond acceptors (Lipinski definition) is 4. The summed E-state index contributed by atoms with van der Waals surface area (Å²) in [6, 6.07) is 6.83. The molecular formula is C14H16F3N3O. The van der Waals surface area contributed by atoms with Gasteiger partial charge >= 0.3 is 6.18 Å². The maximum atomic E-state index is 12.6. The van der Waals surface area contributed by atoms with Crippen LogP contribution >= 0.6 is 0 Å². The lowest BCUT2D eigenvalue weighted by Gasteiger charge is -2.23. The van der Waals surface area contributed by atoms with Gasteiger partial charge in [0.05, 0.1) is 18.7 Å². The minimum Gasteiger partial charge on any atom is -0.398 e. The van der Waals surface area contributed by atoms with E-state index in [-0.39, 0.29) is 19.7 Å². The zero-order valence-electron chi connectivity index (χ0n) is 11.3. The molecule has 1 aromatic heterocycles. The van der Waals surface area contributed by atoms with Crippen molar-refractivity contribution < 1.29 is 18.3 Å². The van der Waals surface area contributed by atoms with Crippen LogP contribution in [0.2, 0.25) is 0 Å². The molecule has 0 spiro atoms. The monoisotopic (exact) mass is 299 g/mol. The summed E-state index contributed by atoms with van der Waals surface area (Å²) in [4.78, 5) is 5.34. The van der Waals surface area contributed by atoms with Crippen LogP contribution in [-0.4, -0.2) is 40.9 Å². The number of pyridine rings is 1. The molecule has 0 saturated carbocycles. The van der Waals surface area contributed by atoms with E-state index < -0.39 is 12.7 Å². The number of nitrogens with two attached hydrogens (primary N) is 1. The van der Waals surface area contributed by atoms with Crippen LogP contribution in [0.25, 0.3) is 10.9 Å². The van der Waals surface area contributed by atoms with E-state index in [0.29, 0.717) is 22.2 Å². The third-order valence-corrected chi connectivity index (χ3v) is 3.10. The maximum Gasteiger partial charge on any atom is 0.401 e. The van der Waals surface area contributed by atoms with Gasteiger partial charge in [0.25, 0.3) is 0 Å². The molecule has 1 heterocycles. The summed E-state index contributed by atoms with van der Waals surface area (Å²) in [6.45, 7) is -1.42. The highest BCUT2D eigenvalue weighted by Crippen LogP contribution is 2.25. The van der Waals surface area contributed by atoms with Crippen LogP contribution in [-0.2, 0) is 6.54 Å². The predicted molar refractivity (Wildman–Crippen MR) is 74.6 cm³/mol. The summed E-state index contributed by atoms with van der Waals surface area (Å²) in [5, 5.41) is 9.64. The topological polar surface area (TPSA) is 62.4 Å². The zero-order valence-corrected chi connectivity index (χ0v) is 11.3. The van der Waals surface area contributed by atoms with Crippen molar-refractivity contribution >= 4 is 16.6 Å². The highest BCUT2D eigenvalue weighted by atomic mass is 19.4. The smallest absolute Gasteiger partial charge is 0.398 e. The maximum absolute atomic E-state index is 12.6. The third-order valence-electron chi connectivity index (χ3n) is 3.10. The van der Waals surface area contributed by atoms with Crippen molar-refractivity contribution in [3.63, 3.8) is 0 Å². The normalized spacial score (nSPS) is 12.2. The number of halogens is 3. The molecule has 4 nitrogen and oxygen atoms in total. The predicted octanol–water partition coefficient (Wildman–Crippen LogP) is 2.17. The summed E-state index contributed by atoms with van der Waals surface area (Å²) in [5.41, 5.74) is 7.61. The van der Waals surface area contributed by atoms with Crippen molar-refractivity contribution in [1.82, 2.24) is 9.88 Å². The minimum absolute atomic E-state index is 0.0495. The van der Waals surface area contributed by atoms with Crippen LogP contribution in [0.15, 0.2) is 30.5 Å². The Labute approximate surface area is 120 Å². The number of aliphatic hydroxyl groups is 1. The van der Waals surface area contributed by atoms with Crippen molar-refractivity contribution in [3.05, 3.63) is 36.0 Å². The van der Waals surface area contributed by atoms with Crippen molar-refractivity contribution in [3.8, 4) is 0 Å². The fraction of sp³-hybridized carbons (Fsp3) is 0.357. The first kappa shape index (κ1) is 15.5. The molecule has 1 aromatic carbocycles.